The Morgan fingerprint density at radius 1 is 0.625 bits per heavy atom. The van der Waals surface area contributed by atoms with Gasteiger partial charge in [0.2, 0.25) is 0 Å². The average Bonchev–Trinajstić information content (AvgIpc) is 3.71. The molecule has 0 radical (unpaired) electrons. The van der Waals surface area contributed by atoms with Crippen molar-refractivity contribution in [2.24, 2.45) is 52.3 Å². The van der Waals surface area contributed by atoms with Crippen molar-refractivity contribution in [3.8, 4) is 0 Å². The average molecular weight is 921 g/mol. The van der Waals surface area contributed by atoms with Gasteiger partial charge in [0.15, 0.2) is 24.7 Å². The third kappa shape index (κ3) is 8.65. The van der Waals surface area contributed by atoms with E-state index in [2.05, 4.69) is 20.8 Å². The molecule has 0 aromatic carbocycles. The van der Waals surface area contributed by atoms with Crippen LogP contribution in [0.1, 0.15) is 91.9 Å². The predicted molar refractivity (Wildman–Crippen MR) is 219 cm³/mol. The predicted octanol–water partition coefficient (Wildman–Crippen LogP) is -1.78. The zero-order chi connectivity index (χ0) is 46.2. The molecule has 27 atom stereocenters. The Labute approximate surface area is 374 Å². The van der Waals surface area contributed by atoms with Crippen molar-refractivity contribution in [1.82, 2.24) is 0 Å². The monoisotopic (exact) mass is 920 g/mol. The van der Waals surface area contributed by atoms with E-state index in [1.807, 2.05) is 6.92 Å². The first-order valence-electron chi connectivity index (χ1n) is 23.9. The zero-order valence-corrected chi connectivity index (χ0v) is 37.5. The Morgan fingerprint density at radius 2 is 1.20 bits per heavy atom. The minimum atomic E-state index is -1.75. The standard InChI is InChI=1S/C45H76O19/c1-19(18-58-40-37(55)34(52)31(49)27(15-46)60-40)7-12-45(57)20(2)30-26(64-45)14-25-23-6-5-21-13-22(8-10-43(21,3)24(23)9-11-44(25,30)4)59-42-39(36(54)33(51)29(17-48)62-42)63-41-38(56)35(53)32(50)28(16-47)61-41/h19-42,46-57H,5-18H2,1-4H3/t19-,20-,21+,22-,23+,24-,25-,26-,27+,28+,29+,30-,31+,32+,33-,34-,35-,36-,37+,38-,39+,40+,41-,42+,43-,44-,45-/m0/s1. The molecule has 19 heteroatoms. The summed E-state index contributed by atoms with van der Waals surface area (Å²) in [5.41, 5.74) is 0.0475. The van der Waals surface area contributed by atoms with E-state index in [0.29, 0.717) is 42.9 Å². The van der Waals surface area contributed by atoms with E-state index in [-0.39, 0.29) is 47.4 Å². The van der Waals surface area contributed by atoms with Crippen molar-refractivity contribution >= 4 is 0 Å². The van der Waals surface area contributed by atoms with Crippen LogP contribution < -0.4 is 0 Å². The van der Waals surface area contributed by atoms with Gasteiger partial charge in [-0.1, -0.05) is 27.7 Å². The summed E-state index contributed by atoms with van der Waals surface area (Å²) in [7, 11) is 0. The van der Waals surface area contributed by atoms with E-state index in [9.17, 15) is 61.3 Å². The van der Waals surface area contributed by atoms with Crippen LogP contribution in [0.5, 0.6) is 0 Å². The second-order valence-corrected chi connectivity index (χ2v) is 21.5. The topological polar surface area (TPSA) is 307 Å². The SMILES string of the molecule is C[C@@H](CC[C@]1(O)O[C@H]2C[C@H]3[C@@H]4CC[C@@H]5C[C@@H](O[C@@H]6O[C@H](CO)[C@H](O)[C@H](O)[C@H]6O[C@@H]6O[C@H](CO)[C@@H](O)[C@H](O)[C@@H]6O)CC[C@]5(C)[C@H]4CC[C@]3(C)[C@H]2[C@@H]1C)CO[C@@H]1O[C@H](CO)[C@@H](O)[C@H](O)[C@H]1O. The van der Waals surface area contributed by atoms with Gasteiger partial charge < -0.3 is 94.4 Å². The lowest BCUT2D eigenvalue weighted by atomic mass is 9.44. The summed E-state index contributed by atoms with van der Waals surface area (Å²) < 4.78 is 42.0. The van der Waals surface area contributed by atoms with Gasteiger partial charge in [0, 0.05) is 12.3 Å². The van der Waals surface area contributed by atoms with Crippen LogP contribution in [0.4, 0.5) is 0 Å². The molecule has 370 valence electrons. The molecular formula is C45H76O19. The van der Waals surface area contributed by atoms with Crippen LogP contribution in [-0.4, -0.2) is 198 Å². The fourth-order valence-corrected chi connectivity index (χ4v) is 14.2. The van der Waals surface area contributed by atoms with Crippen molar-refractivity contribution in [2.45, 2.75) is 202 Å². The highest BCUT2D eigenvalue weighted by molar-refractivity contribution is 5.15. The van der Waals surface area contributed by atoms with Crippen molar-refractivity contribution in [2.75, 3.05) is 26.4 Å². The van der Waals surface area contributed by atoms with E-state index in [0.717, 1.165) is 44.9 Å². The van der Waals surface area contributed by atoms with E-state index in [1.54, 1.807) is 0 Å². The normalized spacial score (nSPS) is 55.6. The zero-order valence-electron chi connectivity index (χ0n) is 37.5. The van der Waals surface area contributed by atoms with Gasteiger partial charge in [-0.3, -0.25) is 0 Å². The van der Waals surface area contributed by atoms with Crippen LogP contribution >= 0.6 is 0 Å². The molecular weight excluding hydrogens is 844 g/mol. The first-order valence-corrected chi connectivity index (χ1v) is 23.9. The summed E-state index contributed by atoms with van der Waals surface area (Å²) >= 11 is 0. The minimum absolute atomic E-state index is 0.00000712. The Bertz CT molecular complexity index is 1560. The molecule has 0 amide bonds. The summed E-state index contributed by atoms with van der Waals surface area (Å²) in [6.45, 7) is 7.28. The van der Waals surface area contributed by atoms with Gasteiger partial charge in [0.1, 0.15) is 73.2 Å². The van der Waals surface area contributed by atoms with E-state index >= 15 is 0 Å². The van der Waals surface area contributed by atoms with Crippen molar-refractivity contribution < 1.29 is 94.4 Å². The number of hydrogen-bond donors (Lipinski definition) is 12. The van der Waals surface area contributed by atoms with Crippen molar-refractivity contribution in [1.29, 1.82) is 0 Å². The molecule has 0 aromatic heterocycles. The Kier molecular flexibility index (Phi) is 14.9. The highest BCUT2D eigenvalue weighted by atomic mass is 16.8. The largest absolute Gasteiger partial charge is 0.394 e. The van der Waals surface area contributed by atoms with Gasteiger partial charge in [0.25, 0.3) is 0 Å². The maximum absolute atomic E-state index is 12.1. The maximum Gasteiger partial charge on any atom is 0.187 e. The van der Waals surface area contributed by atoms with Gasteiger partial charge >= 0.3 is 0 Å². The number of aliphatic hydroxyl groups excluding tert-OH is 11. The molecule has 4 saturated heterocycles. The fourth-order valence-electron chi connectivity index (χ4n) is 14.2. The lowest BCUT2D eigenvalue weighted by molar-refractivity contribution is -0.373. The van der Waals surface area contributed by atoms with Crippen molar-refractivity contribution in [3.05, 3.63) is 0 Å². The van der Waals surface area contributed by atoms with Crippen LogP contribution in [0.2, 0.25) is 0 Å². The molecule has 8 aliphatic rings. The Hall–Kier alpha value is -0.760. The molecule has 4 saturated carbocycles. The highest BCUT2D eigenvalue weighted by Crippen LogP contribution is 2.71. The molecule has 0 unspecified atom stereocenters. The summed E-state index contributed by atoms with van der Waals surface area (Å²) in [6.07, 6.45) is -13.7. The molecule has 8 rings (SSSR count). The molecule has 0 bridgehead atoms. The second-order valence-electron chi connectivity index (χ2n) is 21.5. The van der Waals surface area contributed by atoms with Gasteiger partial charge in [0.05, 0.1) is 38.6 Å². The molecule has 8 fully saturated rings. The molecule has 12 N–H and O–H groups in total. The smallest absolute Gasteiger partial charge is 0.187 e. The lowest BCUT2D eigenvalue weighted by Crippen LogP contribution is -2.65. The number of ether oxygens (including phenoxy) is 7. The van der Waals surface area contributed by atoms with Crippen LogP contribution in [0.25, 0.3) is 0 Å². The quantitative estimate of drug-likeness (QED) is 0.0909. The molecule has 4 heterocycles. The third-order valence-corrected chi connectivity index (χ3v) is 18.0. The van der Waals surface area contributed by atoms with Gasteiger partial charge in [-0.2, -0.15) is 0 Å². The Balaban J connectivity index is 0.869. The lowest BCUT2D eigenvalue weighted by Gasteiger charge is -2.61. The molecule has 0 spiro atoms. The molecule has 4 aliphatic carbocycles. The van der Waals surface area contributed by atoms with E-state index < -0.39 is 118 Å². The first kappa shape index (κ1) is 49.7. The highest BCUT2D eigenvalue weighted by Gasteiger charge is 2.68. The van der Waals surface area contributed by atoms with Gasteiger partial charge in [-0.25, -0.2) is 0 Å². The first-order chi connectivity index (χ1) is 30.3. The third-order valence-electron chi connectivity index (χ3n) is 18.0. The number of rotatable bonds is 13. The summed E-state index contributed by atoms with van der Waals surface area (Å²) in [5, 5.41) is 125. The summed E-state index contributed by atoms with van der Waals surface area (Å²) in [5.74, 6) is 0.532. The number of aliphatic hydroxyl groups is 12. The fraction of sp³-hybridized carbons (Fsp3) is 1.00. The van der Waals surface area contributed by atoms with Gasteiger partial charge in [-0.15, -0.1) is 0 Å². The van der Waals surface area contributed by atoms with Crippen LogP contribution in [0.3, 0.4) is 0 Å². The minimum Gasteiger partial charge on any atom is -0.394 e. The maximum atomic E-state index is 12.1. The molecule has 0 aromatic rings. The van der Waals surface area contributed by atoms with Crippen LogP contribution in [0.15, 0.2) is 0 Å². The number of hydrogen-bond acceptors (Lipinski definition) is 19. The van der Waals surface area contributed by atoms with Crippen LogP contribution in [-0.2, 0) is 33.2 Å². The molecule has 4 aliphatic heterocycles. The molecule has 19 nitrogen and oxygen atoms in total. The van der Waals surface area contributed by atoms with E-state index in [4.69, 9.17) is 33.2 Å². The summed E-state index contributed by atoms with van der Waals surface area (Å²) in [4.78, 5) is 0. The van der Waals surface area contributed by atoms with Crippen LogP contribution in [0, 0.1) is 52.3 Å². The molecule has 64 heavy (non-hydrogen) atoms. The van der Waals surface area contributed by atoms with Gasteiger partial charge in [-0.05, 0) is 104 Å². The number of fused-ring (bicyclic) bond motifs is 7. The summed E-state index contributed by atoms with van der Waals surface area (Å²) in [6, 6.07) is 0. The Morgan fingerprint density at radius 3 is 1.84 bits per heavy atom. The van der Waals surface area contributed by atoms with Crippen molar-refractivity contribution in [3.63, 3.8) is 0 Å². The van der Waals surface area contributed by atoms with E-state index in [1.165, 1.54) is 0 Å². The second kappa shape index (κ2) is 19.2.